The molecule has 8 rings (SSSR count). The van der Waals surface area contributed by atoms with Gasteiger partial charge >= 0.3 is 0 Å². The van der Waals surface area contributed by atoms with Gasteiger partial charge in [-0.2, -0.15) is 0 Å². The van der Waals surface area contributed by atoms with Gasteiger partial charge in [0.15, 0.2) is 0 Å². The first-order chi connectivity index (χ1) is 24.7. The highest BCUT2D eigenvalue weighted by Crippen LogP contribution is 2.39. The number of allylic oxidation sites excluding steroid dienone is 1. The molecule has 1 aliphatic carbocycles. The molecule has 6 aromatic carbocycles. The molecular weight excluding hydrogens is 885 g/mol. The summed E-state index contributed by atoms with van der Waals surface area (Å²) in [7, 11) is 0. The van der Waals surface area contributed by atoms with Crippen LogP contribution in [0.3, 0.4) is 0 Å². The Morgan fingerprint density at radius 2 is 1.18 bits per heavy atom. The Labute approximate surface area is 325 Å². The third kappa shape index (κ3) is 8.36. The number of para-hydroxylation sites is 2. The quantitative estimate of drug-likeness (QED) is 0.0977. The lowest BCUT2D eigenvalue weighted by Crippen LogP contribution is -1.96. The van der Waals surface area contributed by atoms with Crippen LogP contribution in [0.5, 0.6) is 0 Å². The molecule has 1 aromatic heterocycles. The summed E-state index contributed by atoms with van der Waals surface area (Å²) < 4.78 is 5.01. The predicted octanol–water partition coefficient (Wildman–Crippen LogP) is 12.9. The Morgan fingerprint density at radius 3 is 1.76 bits per heavy atom. The molecule has 10 heteroatoms. The highest BCUT2D eigenvalue weighted by molar-refractivity contribution is 14.1. The van der Waals surface area contributed by atoms with Crippen molar-refractivity contribution < 1.29 is 9.85 Å². The summed E-state index contributed by atoms with van der Waals surface area (Å²) in [6, 6.07) is 44.1. The van der Waals surface area contributed by atoms with E-state index in [0.717, 1.165) is 54.2 Å². The molecule has 0 spiro atoms. The van der Waals surface area contributed by atoms with E-state index in [1.807, 2.05) is 103 Å². The average molecular weight is 913 g/mol. The van der Waals surface area contributed by atoms with Gasteiger partial charge in [-0.05, 0) is 100 Å². The molecule has 1 heterocycles. The summed E-state index contributed by atoms with van der Waals surface area (Å²) in [6.07, 6.45) is 6.96. The third-order valence-electron chi connectivity index (χ3n) is 8.20. The van der Waals surface area contributed by atoms with Crippen molar-refractivity contribution in [1.29, 1.82) is 0 Å². The Kier molecular flexibility index (Phi) is 11.5. The van der Waals surface area contributed by atoms with E-state index in [2.05, 4.69) is 83.3 Å². The van der Waals surface area contributed by atoms with Crippen molar-refractivity contribution in [2.75, 3.05) is 0 Å². The van der Waals surface area contributed by atoms with Crippen LogP contribution in [0, 0.1) is 23.8 Å². The van der Waals surface area contributed by atoms with E-state index in [0.29, 0.717) is 11.1 Å². The number of hydrogen-bond acceptors (Lipinski definition) is 4. The number of hydrogen-bond donors (Lipinski definition) is 0. The second kappa shape index (κ2) is 16.4. The first kappa shape index (κ1) is 35.9. The smallest absolute Gasteiger partial charge is 0.277 e. The molecule has 7 nitrogen and oxygen atoms in total. The molecule has 0 atom stereocenters. The zero-order valence-corrected chi connectivity index (χ0v) is 32.2. The number of halogens is 3. The van der Waals surface area contributed by atoms with Gasteiger partial charge in [-0.15, -0.1) is 0 Å². The lowest BCUT2D eigenvalue weighted by atomic mass is 9.95. The SMILES string of the molecule is Ic1ccccc1.O=[N+]([O-])c1ccc(Br)cc1-c1cccc2c1CC=C2.O=[N+]([O-])c1ccc(Br)cc1-c1cccc2ccn(-c3ccccc3)c12. The summed E-state index contributed by atoms with van der Waals surface area (Å²) >= 11 is 9.10. The summed E-state index contributed by atoms with van der Waals surface area (Å²) in [5.41, 5.74) is 7.55. The van der Waals surface area contributed by atoms with Crippen LogP contribution >= 0.6 is 54.5 Å². The van der Waals surface area contributed by atoms with Crippen LogP contribution in [0.15, 0.2) is 161 Å². The lowest BCUT2D eigenvalue weighted by Gasteiger charge is -2.11. The van der Waals surface area contributed by atoms with E-state index < -0.39 is 0 Å². The number of nitro groups is 2. The normalized spacial score (nSPS) is 11.2. The van der Waals surface area contributed by atoms with E-state index >= 15 is 0 Å². The fraction of sp³-hybridized carbons (Fsp3) is 0.0244. The minimum atomic E-state index is -0.337. The lowest BCUT2D eigenvalue weighted by molar-refractivity contribution is -0.384. The average Bonchev–Trinajstić information content (AvgIpc) is 3.80. The number of fused-ring (bicyclic) bond motifs is 2. The van der Waals surface area contributed by atoms with Crippen molar-refractivity contribution in [3.05, 3.63) is 196 Å². The Balaban J connectivity index is 0.000000151. The molecule has 0 N–H and O–H groups in total. The summed E-state index contributed by atoms with van der Waals surface area (Å²) in [5, 5.41) is 23.7. The molecule has 1 aliphatic rings. The molecule has 0 unspecified atom stereocenters. The summed E-state index contributed by atoms with van der Waals surface area (Å²) in [6.45, 7) is 0. The molecule has 0 saturated carbocycles. The van der Waals surface area contributed by atoms with Gasteiger partial charge in [0.1, 0.15) is 0 Å². The number of benzene rings is 6. The second-order valence-corrected chi connectivity index (χ2v) is 14.5. The third-order valence-corrected chi connectivity index (χ3v) is 9.91. The molecule has 0 radical (unpaired) electrons. The van der Waals surface area contributed by atoms with Crippen LogP contribution in [-0.2, 0) is 6.42 Å². The Morgan fingerprint density at radius 1 is 0.608 bits per heavy atom. The van der Waals surface area contributed by atoms with Crippen LogP contribution in [0.2, 0.25) is 0 Å². The highest BCUT2D eigenvalue weighted by atomic mass is 127. The van der Waals surface area contributed by atoms with Crippen LogP contribution in [-0.4, -0.2) is 14.4 Å². The molecule has 252 valence electrons. The van der Waals surface area contributed by atoms with Gasteiger partial charge in [-0.25, -0.2) is 0 Å². The molecular formula is C41H28Br2IN3O4. The minimum absolute atomic E-state index is 0.0940. The van der Waals surface area contributed by atoms with Crippen molar-refractivity contribution in [3.8, 4) is 27.9 Å². The Hall–Kier alpha value is -4.91. The molecule has 7 aromatic rings. The van der Waals surface area contributed by atoms with Crippen LogP contribution in [0.25, 0.3) is 44.9 Å². The second-order valence-electron chi connectivity index (χ2n) is 11.4. The first-order valence-electron chi connectivity index (χ1n) is 15.7. The van der Waals surface area contributed by atoms with Gasteiger partial charge in [-0.3, -0.25) is 20.2 Å². The van der Waals surface area contributed by atoms with Crippen molar-refractivity contribution in [3.63, 3.8) is 0 Å². The fourth-order valence-corrected chi connectivity index (χ4v) is 7.08. The minimum Gasteiger partial charge on any atom is -0.316 e. The van der Waals surface area contributed by atoms with Crippen molar-refractivity contribution in [1.82, 2.24) is 4.57 Å². The fourth-order valence-electron chi connectivity index (χ4n) is 5.94. The predicted molar refractivity (Wildman–Crippen MR) is 221 cm³/mol. The Bertz CT molecular complexity index is 2400. The number of nitrogens with zero attached hydrogens (tertiary/aromatic N) is 3. The molecule has 51 heavy (non-hydrogen) atoms. The summed E-state index contributed by atoms with van der Waals surface area (Å²) in [5.74, 6) is 0. The van der Waals surface area contributed by atoms with E-state index in [9.17, 15) is 20.2 Å². The van der Waals surface area contributed by atoms with Crippen LogP contribution in [0.1, 0.15) is 11.1 Å². The highest BCUT2D eigenvalue weighted by Gasteiger charge is 2.21. The number of aromatic nitrogens is 1. The zero-order chi connectivity index (χ0) is 35.9. The van der Waals surface area contributed by atoms with Crippen LogP contribution in [0.4, 0.5) is 11.4 Å². The molecule has 0 fully saturated rings. The maximum atomic E-state index is 11.5. The maximum absolute atomic E-state index is 11.5. The van der Waals surface area contributed by atoms with E-state index in [1.165, 1.54) is 9.64 Å². The monoisotopic (exact) mass is 911 g/mol. The van der Waals surface area contributed by atoms with E-state index in [-0.39, 0.29) is 21.2 Å². The van der Waals surface area contributed by atoms with Crippen molar-refractivity contribution >= 4 is 82.8 Å². The van der Waals surface area contributed by atoms with Gasteiger partial charge in [-0.1, -0.05) is 117 Å². The van der Waals surface area contributed by atoms with Crippen molar-refractivity contribution in [2.24, 2.45) is 0 Å². The topological polar surface area (TPSA) is 91.2 Å². The van der Waals surface area contributed by atoms with Gasteiger partial charge < -0.3 is 4.57 Å². The molecule has 0 bridgehead atoms. The zero-order valence-electron chi connectivity index (χ0n) is 26.8. The van der Waals surface area contributed by atoms with Gasteiger partial charge in [0.2, 0.25) is 0 Å². The van der Waals surface area contributed by atoms with E-state index in [4.69, 9.17) is 0 Å². The van der Waals surface area contributed by atoms with Gasteiger partial charge in [0.05, 0.1) is 26.5 Å². The standard InChI is InChI=1S/C20H13BrN2O2.C15H10BrNO2.C6H5I/c21-15-9-10-19(23(24)25)18(13-15)17-8-4-5-14-11-12-22(20(14)17)16-6-2-1-3-7-16;16-11-7-8-15(17(18)19)14(9-11)13-6-2-4-10-3-1-5-12(10)13;7-6-4-2-1-3-5-6/h1-13H;1-4,6-9H,5H2;1-5H. The van der Waals surface area contributed by atoms with Crippen LogP contribution < -0.4 is 0 Å². The van der Waals surface area contributed by atoms with Crippen molar-refractivity contribution in [2.45, 2.75) is 6.42 Å². The maximum Gasteiger partial charge on any atom is 0.277 e. The van der Waals surface area contributed by atoms with Gasteiger partial charge in [0, 0.05) is 47.5 Å². The molecule has 0 aliphatic heterocycles. The number of nitro benzene ring substituents is 2. The van der Waals surface area contributed by atoms with Gasteiger partial charge in [0.25, 0.3) is 11.4 Å². The largest absolute Gasteiger partial charge is 0.316 e. The van der Waals surface area contributed by atoms with E-state index in [1.54, 1.807) is 24.3 Å². The molecule has 0 amide bonds. The first-order valence-corrected chi connectivity index (χ1v) is 18.4. The summed E-state index contributed by atoms with van der Waals surface area (Å²) in [4.78, 5) is 22.0. The number of rotatable bonds is 5. The molecule has 0 saturated heterocycles.